The summed E-state index contributed by atoms with van der Waals surface area (Å²) in [7, 11) is 0. The van der Waals surface area contributed by atoms with Crippen molar-refractivity contribution in [3.05, 3.63) is 29.8 Å². The molecule has 0 spiro atoms. The first kappa shape index (κ1) is 13.6. The molecule has 0 radical (unpaired) electrons. The van der Waals surface area contributed by atoms with Crippen LogP contribution in [0, 0.1) is 5.82 Å². The van der Waals surface area contributed by atoms with Crippen molar-refractivity contribution in [2.75, 3.05) is 6.54 Å². The van der Waals surface area contributed by atoms with E-state index in [2.05, 4.69) is 10.3 Å². The van der Waals surface area contributed by atoms with Gasteiger partial charge in [-0.1, -0.05) is 0 Å². The molecule has 7 heteroatoms. The molecule has 3 N–H and O–H groups in total. The highest BCUT2D eigenvalue weighted by Gasteiger charge is 2.15. The number of hydrogen-bond donors (Lipinski definition) is 2. The van der Waals surface area contributed by atoms with Crippen LogP contribution in [0.3, 0.4) is 0 Å². The fourth-order valence-electron chi connectivity index (χ4n) is 1.94. The Morgan fingerprint density at radius 1 is 1.63 bits per heavy atom. The summed E-state index contributed by atoms with van der Waals surface area (Å²) in [5.74, 6) is 0.291. The van der Waals surface area contributed by atoms with Crippen LogP contribution in [-0.4, -0.2) is 22.1 Å². The molecule has 0 saturated carbocycles. The molecule has 1 atom stereocenters. The average molecular weight is 285 g/mol. The van der Waals surface area contributed by atoms with E-state index < -0.39 is 6.03 Å². The fourth-order valence-corrected chi connectivity index (χ4v) is 2.11. The van der Waals surface area contributed by atoms with Crippen molar-refractivity contribution in [2.24, 2.45) is 5.73 Å². The zero-order chi connectivity index (χ0) is 14.0. The smallest absolute Gasteiger partial charge is 0.312 e. The van der Waals surface area contributed by atoms with Crippen LogP contribution in [0.1, 0.15) is 18.1 Å². The normalized spacial score (nSPS) is 12.6. The summed E-state index contributed by atoms with van der Waals surface area (Å²) in [6.07, 6.45) is 0. The van der Waals surface area contributed by atoms with Gasteiger partial charge >= 0.3 is 6.03 Å². The molecule has 5 nitrogen and oxygen atoms in total. The molecular formula is C12H14ClFN4O. The van der Waals surface area contributed by atoms with Crippen molar-refractivity contribution in [3.8, 4) is 0 Å². The van der Waals surface area contributed by atoms with Crippen LogP contribution in [0.5, 0.6) is 0 Å². The van der Waals surface area contributed by atoms with Gasteiger partial charge in [0.05, 0.1) is 16.4 Å². The van der Waals surface area contributed by atoms with Crippen LogP contribution in [-0.2, 0) is 6.54 Å². The summed E-state index contributed by atoms with van der Waals surface area (Å²) >= 11 is 6.07. The largest absolute Gasteiger partial charge is 0.352 e. The molecule has 2 aromatic rings. The maximum Gasteiger partial charge on any atom is 0.312 e. The number of carbonyl (C=O) groups excluding carboxylic acids is 1. The van der Waals surface area contributed by atoms with E-state index in [9.17, 15) is 9.18 Å². The summed E-state index contributed by atoms with van der Waals surface area (Å²) in [4.78, 5) is 15.0. The van der Waals surface area contributed by atoms with Crippen molar-refractivity contribution < 1.29 is 9.18 Å². The van der Waals surface area contributed by atoms with Crippen LogP contribution in [0.2, 0.25) is 0 Å². The van der Waals surface area contributed by atoms with Gasteiger partial charge in [0, 0.05) is 13.1 Å². The zero-order valence-corrected chi connectivity index (χ0v) is 11.1. The van der Waals surface area contributed by atoms with Crippen LogP contribution in [0.4, 0.5) is 9.18 Å². The lowest BCUT2D eigenvalue weighted by atomic mass is 10.3. The summed E-state index contributed by atoms with van der Waals surface area (Å²) in [6.45, 7) is 2.54. The predicted molar refractivity (Wildman–Crippen MR) is 71.5 cm³/mol. The third-order valence-corrected chi connectivity index (χ3v) is 2.93. The first-order valence-electron chi connectivity index (χ1n) is 5.82. The van der Waals surface area contributed by atoms with Crippen molar-refractivity contribution in [1.29, 1.82) is 0 Å². The number of rotatable bonds is 4. The third kappa shape index (κ3) is 2.96. The van der Waals surface area contributed by atoms with Crippen LogP contribution in [0.25, 0.3) is 11.0 Å². The quantitative estimate of drug-likeness (QED) is 0.844. The molecular weight excluding hydrogens is 271 g/mol. The molecule has 1 aromatic heterocycles. The van der Waals surface area contributed by atoms with Crippen molar-refractivity contribution in [1.82, 2.24) is 14.9 Å². The van der Waals surface area contributed by atoms with Gasteiger partial charge in [0.2, 0.25) is 0 Å². The Morgan fingerprint density at radius 2 is 2.37 bits per heavy atom. The van der Waals surface area contributed by atoms with Gasteiger partial charge in [-0.15, -0.1) is 11.6 Å². The van der Waals surface area contributed by atoms with Crippen molar-refractivity contribution in [3.63, 3.8) is 0 Å². The van der Waals surface area contributed by atoms with Gasteiger partial charge in [0.1, 0.15) is 11.6 Å². The van der Waals surface area contributed by atoms with E-state index in [1.165, 1.54) is 12.1 Å². The number of nitrogens with two attached hydrogens (primary N) is 1. The number of fused-ring (bicyclic) bond motifs is 1. The number of benzene rings is 1. The second kappa shape index (κ2) is 5.44. The molecule has 0 fully saturated rings. The number of hydrogen-bond acceptors (Lipinski definition) is 2. The van der Waals surface area contributed by atoms with Crippen LogP contribution >= 0.6 is 11.6 Å². The molecule has 0 aliphatic rings. The number of carbonyl (C=O) groups is 1. The number of aromatic nitrogens is 2. The molecule has 0 aliphatic heterocycles. The standard InChI is InChI=1S/C12H14ClFN4O/c1-7(13)11-17-9-3-2-8(14)6-10(9)18(11)5-4-16-12(15)19/h2-3,6-7H,4-5H2,1H3,(H3,15,16,19). The minimum atomic E-state index is -0.601. The van der Waals surface area contributed by atoms with Gasteiger partial charge in [0.25, 0.3) is 0 Å². The van der Waals surface area contributed by atoms with Crippen LogP contribution in [0.15, 0.2) is 18.2 Å². The van der Waals surface area contributed by atoms with E-state index >= 15 is 0 Å². The maximum absolute atomic E-state index is 13.3. The highest BCUT2D eigenvalue weighted by Crippen LogP contribution is 2.24. The Kier molecular flexibility index (Phi) is 3.90. The summed E-state index contributed by atoms with van der Waals surface area (Å²) in [5.41, 5.74) is 6.32. The topological polar surface area (TPSA) is 72.9 Å². The van der Waals surface area contributed by atoms with Crippen molar-refractivity contribution in [2.45, 2.75) is 18.8 Å². The predicted octanol–water partition coefficient (Wildman–Crippen LogP) is 2.14. The molecule has 1 aromatic carbocycles. The molecule has 19 heavy (non-hydrogen) atoms. The van der Waals surface area contributed by atoms with Gasteiger partial charge < -0.3 is 15.6 Å². The monoisotopic (exact) mass is 284 g/mol. The molecule has 0 bridgehead atoms. The summed E-state index contributed by atoms with van der Waals surface area (Å²) < 4.78 is 15.1. The number of urea groups is 1. The number of nitrogens with zero attached hydrogens (tertiary/aromatic N) is 2. The van der Waals surface area contributed by atoms with Gasteiger partial charge in [0.15, 0.2) is 0 Å². The summed E-state index contributed by atoms with van der Waals surface area (Å²) in [5, 5.41) is 2.17. The lowest BCUT2D eigenvalue weighted by molar-refractivity contribution is 0.248. The Balaban J connectivity index is 2.39. The minimum absolute atomic E-state index is 0.316. The number of primary amides is 1. The van der Waals surface area contributed by atoms with Gasteiger partial charge in [-0.25, -0.2) is 14.2 Å². The third-order valence-electron chi connectivity index (χ3n) is 2.73. The van der Waals surface area contributed by atoms with Gasteiger partial charge in [-0.2, -0.15) is 0 Å². The minimum Gasteiger partial charge on any atom is -0.352 e. The number of halogens is 2. The second-order valence-corrected chi connectivity index (χ2v) is 4.82. The first-order valence-corrected chi connectivity index (χ1v) is 6.25. The number of amides is 2. The molecule has 102 valence electrons. The van der Waals surface area contributed by atoms with E-state index in [1.807, 2.05) is 0 Å². The Morgan fingerprint density at radius 3 is 3.00 bits per heavy atom. The number of nitrogens with one attached hydrogen (secondary N) is 1. The van der Waals surface area contributed by atoms with Gasteiger partial charge in [-0.3, -0.25) is 0 Å². The summed E-state index contributed by atoms with van der Waals surface area (Å²) in [6, 6.07) is 3.75. The maximum atomic E-state index is 13.3. The zero-order valence-electron chi connectivity index (χ0n) is 10.4. The molecule has 2 amide bonds. The van der Waals surface area contributed by atoms with Crippen LogP contribution < -0.4 is 11.1 Å². The molecule has 1 unspecified atom stereocenters. The van der Waals surface area contributed by atoms with E-state index in [1.54, 1.807) is 17.6 Å². The fraction of sp³-hybridized carbons (Fsp3) is 0.333. The van der Waals surface area contributed by atoms with E-state index in [0.29, 0.717) is 29.9 Å². The highest BCUT2D eigenvalue weighted by molar-refractivity contribution is 6.20. The Hall–Kier alpha value is -1.82. The highest BCUT2D eigenvalue weighted by atomic mass is 35.5. The molecule has 0 aliphatic carbocycles. The lowest BCUT2D eigenvalue weighted by Gasteiger charge is -2.10. The molecule has 2 rings (SSSR count). The Bertz CT molecular complexity index is 611. The number of alkyl halides is 1. The SMILES string of the molecule is CC(Cl)c1nc2ccc(F)cc2n1CCNC(N)=O. The molecule has 1 heterocycles. The Labute approximate surface area is 114 Å². The lowest BCUT2D eigenvalue weighted by Crippen LogP contribution is -2.32. The van der Waals surface area contributed by atoms with E-state index in [4.69, 9.17) is 17.3 Å². The van der Waals surface area contributed by atoms with E-state index in [0.717, 1.165) is 0 Å². The second-order valence-electron chi connectivity index (χ2n) is 4.16. The first-order chi connectivity index (χ1) is 8.99. The molecule has 0 saturated heterocycles. The van der Waals surface area contributed by atoms with Gasteiger partial charge in [-0.05, 0) is 25.1 Å². The average Bonchev–Trinajstić information content (AvgIpc) is 2.67. The van der Waals surface area contributed by atoms with Crippen molar-refractivity contribution >= 4 is 28.7 Å². The van der Waals surface area contributed by atoms with E-state index in [-0.39, 0.29) is 11.2 Å². The number of imidazole rings is 1.